The second kappa shape index (κ2) is 5.67. The van der Waals surface area contributed by atoms with E-state index in [0.29, 0.717) is 4.83 Å². The topological polar surface area (TPSA) is 17.8 Å². The minimum atomic E-state index is 0.132. The van der Waals surface area contributed by atoms with Gasteiger partial charge in [-0.15, -0.1) is 0 Å². The lowest BCUT2D eigenvalue weighted by Gasteiger charge is -2.27. The summed E-state index contributed by atoms with van der Waals surface area (Å²) in [7, 11) is 0. The van der Waals surface area contributed by atoms with Gasteiger partial charge in [0.15, 0.2) is 0 Å². The fraction of sp³-hybridized carbons (Fsp3) is 0.750. The second-order valence-corrected chi connectivity index (χ2v) is 7.35. The molecule has 1 heterocycles. The van der Waals surface area contributed by atoms with Gasteiger partial charge in [-0.2, -0.15) is 5.10 Å². The molecule has 0 fully saturated rings. The van der Waals surface area contributed by atoms with Crippen LogP contribution in [0.4, 0.5) is 0 Å². The number of hydrogen-bond acceptors (Lipinski definition) is 1. The van der Waals surface area contributed by atoms with Crippen molar-refractivity contribution in [3.05, 3.63) is 16.4 Å². The zero-order chi connectivity index (χ0) is 12.3. The summed E-state index contributed by atoms with van der Waals surface area (Å²) in [5.41, 5.74) is 1.44. The molecule has 0 N–H and O–H groups in total. The Morgan fingerprint density at radius 2 is 2.12 bits per heavy atom. The molecule has 0 aliphatic carbocycles. The highest BCUT2D eigenvalue weighted by atomic mass is 79.9. The zero-order valence-corrected chi connectivity index (χ0v) is 13.6. The van der Waals surface area contributed by atoms with Crippen molar-refractivity contribution in [2.75, 3.05) is 0 Å². The van der Waals surface area contributed by atoms with Crippen LogP contribution in [0.1, 0.15) is 46.2 Å². The monoisotopic (exact) mass is 350 g/mol. The smallest absolute Gasteiger partial charge is 0.0635 e. The zero-order valence-electron chi connectivity index (χ0n) is 10.4. The molecule has 1 atom stereocenters. The molecule has 1 aromatic rings. The number of alkyl halides is 1. The Hall–Kier alpha value is 0.170. The number of aryl methyl sites for hydroxylation is 1. The van der Waals surface area contributed by atoms with Crippen molar-refractivity contribution in [1.82, 2.24) is 9.78 Å². The fourth-order valence-electron chi connectivity index (χ4n) is 2.22. The average Bonchev–Trinajstić information content (AvgIpc) is 2.46. The van der Waals surface area contributed by atoms with E-state index in [4.69, 9.17) is 0 Å². The molecule has 0 aliphatic heterocycles. The Morgan fingerprint density at radius 3 is 2.62 bits per heavy atom. The van der Waals surface area contributed by atoms with Crippen LogP contribution in [0.2, 0.25) is 0 Å². The van der Waals surface area contributed by atoms with Crippen LogP contribution in [-0.2, 0) is 12.0 Å². The number of rotatable bonds is 5. The maximum atomic E-state index is 4.43. The number of aromatic nitrogens is 2. The Balaban J connectivity index is 3.04. The van der Waals surface area contributed by atoms with E-state index in [2.05, 4.69) is 69.3 Å². The molecule has 0 radical (unpaired) electrons. The highest BCUT2D eigenvalue weighted by molar-refractivity contribution is 9.10. The first-order valence-corrected chi connectivity index (χ1v) is 7.45. The Bertz CT molecular complexity index is 343. The van der Waals surface area contributed by atoms with Gasteiger partial charge in [0.05, 0.1) is 16.4 Å². The van der Waals surface area contributed by atoms with E-state index in [9.17, 15) is 0 Å². The molecule has 2 nitrogen and oxygen atoms in total. The molecular formula is C12H20Br2N2. The fourth-order valence-corrected chi connectivity index (χ4v) is 3.86. The highest BCUT2D eigenvalue weighted by Gasteiger charge is 2.28. The van der Waals surface area contributed by atoms with Gasteiger partial charge in [0.25, 0.3) is 0 Å². The lowest BCUT2D eigenvalue weighted by Crippen LogP contribution is -2.25. The standard InChI is InChI=1S/C12H20Br2N2/c1-5-6-16-11(10(14)8-15-16)12(3,4)7-9(2)13/h8-9H,5-7H2,1-4H3. The van der Waals surface area contributed by atoms with E-state index in [1.807, 2.05) is 6.20 Å². The van der Waals surface area contributed by atoms with Crippen molar-refractivity contribution >= 4 is 31.9 Å². The van der Waals surface area contributed by atoms with Crippen molar-refractivity contribution < 1.29 is 0 Å². The first-order valence-electron chi connectivity index (χ1n) is 5.74. The summed E-state index contributed by atoms with van der Waals surface area (Å²) >= 11 is 7.25. The summed E-state index contributed by atoms with van der Waals surface area (Å²) in [6.45, 7) is 9.91. The Labute approximate surface area is 115 Å². The van der Waals surface area contributed by atoms with Crippen molar-refractivity contribution in [2.45, 2.75) is 57.3 Å². The van der Waals surface area contributed by atoms with E-state index in [1.165, 1.54) is 5.69 Å². The molecule has 1 unspecified atom stereocenters. The summed E-state index contributed by atoms with van der Waals surface area (Å²) in [5, 5.41) is 4.43. The molecule has 92 valence electrons. The molecule has 1 rings (SSSR count). The van der Waals surface area contributed by atoms with Gasteiger partial charge >= 0.3 is 0 Å². The Kier molecular flexibility index (Phi) is 5.05. The third-order valence-electron chi connectivity index (χ3n) is 2.66. The largest absolute Gasteiger partial charge is 0.268 e. The van der Waals surface area contributed by atoms with Crippen LogP contribution in [0.5, 0.6) is 0 Å². The van der Waals surface area contributed by atoms with E-state index < -0.39 is 0 Å². The molecular weight excluding hydrogens is 332 g/mol. The maximum absolute atomic E-state index is 4.43. The lowest BCUT2D eigenvalue weighted by atomic mass is 9.84. The molecule has 0 saturated heterocycles. The molecule has 0 aromatic carbocycles. The molecule has 0 bridgehead atoms. The van der Waals surface area contributed by atoms with Crippen LogP contribution in [0.25, 0.3) is 0 Å². The first kappa shape index (κ1) is 14.2. The van der Waals surface area contributed by atoms with Gasteiger partial charge in [0.1, 0.15) is 0 Å². The van der Waals surface area contributed by atoms with Crippen molar-refractivity contribution in [1.29, 1.82) is 0 Å². The van der Waals surface area contributed by atoms with Crippen LogP contribution in [0.3, 0.4) is 0 Å². The van der Waals surface area contributed by atoms with Crippen LogP contribution in [0, 0.1) is 0 Å². The SMILES string of the molecule is CCCn1ncc(Br)c1C(C)(C)CC(C)Br. The Morgan fingerprint density at radius 1 is 1.50 bits per heavy atom. The summed E-state index contributed by atoms with van der Waals surface area (Å²) in [6, 6.07) is 0. The van der Waals surface area contributed by atoms with Gasteiger partial charge in [-0.3, -0.25) is 4.68 Å². The summed E-state index contributed by atoms with van der Waals surface area (Å²) in [6.07, 6.45) is 4.12. The number of hydrogen-bond donors (Lipinski definition) is 0. The van der Waals surface area contributed by atoms with Gasteiger partial charge in [0.2, 0.25) is 0 Å². The molecule has 0 spiro atoms. The molecule has 16 heavy (non-hydrogen) atoms. The average molecular weight is 352 g/mol. The van der Waals surface area contributed by atoms with E-state index >= 15 is 0 Å². The van der Waals surface area contributed by atoms with Crippen LogP contribution in [-0.4, -0.2) is 14.6 Å². The summed E-state index contributed by atoms with van der Waals surface area (Å²) in [5.74, 6) is 0. The first-order chi connectivity index (χ1) is 7.38. The minimum absolute atomic E-state index is 0.132. The number of nitrogens with zero attached hydrogens (tertiary/aromatic N) is 2. The van der Waals surface area contributed by atoms with Gasteiger partial charge in [-0.05, 0) is 28.8 Å². The van der Waals surface area contributed by atoms with E-state index in [0.717, 1.165) is 23.9 Å². The third-order valence-corrected chi connectivity index (χ3v) is 3.57. The molecule has 0 saturated carbocycles. The lowest BCUT2D eigenvalue weighted by molar-refractivity contribution is 0.421. The van der Waals surface area contributed by atoms with Crippen LogP contribution >= 0.6 is 31.9 Å². The molecule has 0 aliphatic rings. The highest BCUT2D eigenvalue weighted by Crippen LogP contribution is 2.35. The van der Waals surface area contributed by atoms with Gasteiger partial charge in [0, 0.05) is 16.8 Å². The van der Waals surface area contributed by atoms with Crippen molar-refractivity contribution in [2.24, 2.45) is 0 Å². The summed E-state index contributed by atoms with van der Waals surface area (Å²) in [4.78, 5) is 0.513. The van der Waals surface area contributed by atoms with E-state index in [1.54, 1.807) is 0 Å². The van der Waals surface area contributed by atoms with Gasteiger partial charge < -0.3 is 0 Å². The maximum Gasteiger partial charge on any atom is 0.0635 e. The second-order valence-electron chi connectivity index (χ2n) is 4.93. The minimum Gasteiger partial charge on any atom is -0.268 e. The van der Waals surface area contributed by atoms with Crippen molar-refractivity contribution in [3.63, 3.8) is 0 Å². The van der Waals surface area contributed by atoms with Gasteiger partial charge in [-0.1, -0.05) is 43.6 Å². The van der Waals surface area contributed by atoms with Crippen molar-refractivity contribution in [3.8, 4) is 0 Å². The quantitative estimate of drug-likeness (QED) is 0.714. The van der Waals surface area contributed by atoms with Crippen LogP contribution < -0.4 is 0 Å². The molecule has 4 heteroatoms. The third kappa shape index (κ3) is 3.33. The normalized spacial score (nSPS) is 14.1. The van der Waals surface area contributed by atoms with Crippen LogP contribution in [0.15, 0.2) is 10.7 Å². The van der Waals surface area contributed by atoms with Gasteiger partial charge in [-0.25, -0.2) is 0 Å². The molecule has 0 amide bonds. The summed E-state index contributed by atoms with van der Waals surface area (Å²) < 4.78 is 3.25. The predicted octanol–water partition coefficient (Wildman–Crippen LogP) is 4.51. The number of halogens is 2. The van der Waals surface area contributed by atoms with E-state index in [-0.39, 0.29) is 5.41 Å². The molecule has 1 aromatic heterocycles. The predicted molar refractivity (Wildman–Crippen MR) is 76.3 cm³/mol.